The molecule has 3 rings (SSSR count). The Labute approximate surface area is 155 Å². The van der Waals surface area contributed by atoms with Gasteiger partial charge < -0.3 is 15.1 Å². The average Bonchev–Trinajstić information content (AvgIpc) is 2.74. The molecule has 0 unspecified atom stereocenters. The van der Waals surface area contributed by atoms with Crippen molar-refractivity contribution in [1.29, 1.82) is 0 Å². The minimum atomic E-state index is -0.217. The highest BCUT2D eigenvalue weighted by atomic mass is 16.2. The predicted molar refractivity (Wildman–Crippen MR) is 99.4 cm³/mol. The summed E-state index contributed by atoms with van der Waals surface area (Å²) in [5.74, 6) is 0.161. The van der Waals surface area contributed by atoms with Gasteiger partial charge >= 0.3 is 6.03 Å². The number of carbonyl (C=O) groups excluding carboxylic acids is 2. The van der Waals surface area contributed by atoms with E-state index in [1.165, 1.54) is 0 Å². The molecule has 3 heterocycles. The van der Waals surface area contributed by atoms with Crippen LogP contribution in [0, 0.1) is 5.41 Å². The van der Waals surface area contributed by atoms with Crippen LogP contribution in [0.1, 0.15) is 26.0 Å². The highest BCUT2D eigenvalue weighted by Crippen LogP contribution is 2.34. The number of nitrogens with zero attached hydrogens (tertiary/aromatic N) is 4. The zero-order valence-electron chi connectivity index (χ0n) is 15.9. The highest BCUT2D eigenvalue weighted by molar-refractivity contribution is 5.80. The Balaban J connectivity index is 1.78. The third-order valence-electron chi connectivity index (χ3n) is 5.11. The van der Waals surface area contributed by atoms with Gasteiger partial charge in [0, 0.05) is 70.4 Å². The van der Waals surface area contributed by atoms with E-state index in [2.05, 4.69) is 15.2 Å². The Bertz CT molecular complexity index is 651. The number of hydrogen-bond donors (Lipinski definition) is 1. The Kier molecular flexibility index (Phi) is 5.46. The number of aromatic nitrogens is 1. The first-order chi connectivity index (χ1) is 12.4. The van der Waals surface area contributed by atoms with E-state index >= 15 is 0 Å². The largest absolute Gasteiger partial charge is 0.345 e. The third-order valence-corrected chi connectivity index (χ3v) is 5.11. The zero-order chi connectivity index (χ0) is 18.7. The monoisotopic (exact) mass is 359 g/mol. The van der Waals surface area contributed by atoms with Gasteiger partial charge in [-0.25, -0.2) is 4.79 Å². The molecule has 0 bridgehead atoms. The van der Waals surface area contributed by atoms with Gasteiger partial charge in [0.2, 0.25) is 5.91 Å². The molecule has 142 valence electrons. The Morgan fingerprint density at radius 1 is 1.27 bits per heavy atom. The van der Waals surface area contributed by atoms with Crippen LogP contribution in [0.4, 0.5) is 4.79 Å². The lowest BCUT2D eigenvalue weighted by molar-refractivity contribution is -0.126. The molecule has 1 atom stereocenters. The molecule has 0 saturated carbocycles. The lowest BCUT2D eigenvalue weighted by Gasteiger charge is -2.33. The lowest BCUT2D eigenvalue weighted by atomic mass is 9.86. The number of amides is 3. The topological polar surface area (TPSA) is 68.8 Å². The maximum atomic E-state index is 12.6. The maximum Gasteiger partial charge on any atom is 0.317 e. The predicted octanol–water partition coefficient (Wildman–Crippen LogP) is 1.17. The number of likely N-dealkylation sites (tertiary alicyclic amines) is 1. The van der Waals surface area contributed by atoms with E-state index in [-0.39, 0.29) is 23.4 Å². The molecule has 0 aromatic carbocycles. The molecule has 2 saturated heterocycles. The minimum absolute atomic E-state index is 0.0407. The zero-order valence-corrected chi connectivity index (χ0v) is 15.9. The average molecular weight is 359 g/mol. The molecule has 7 nitrogen and oxygen atoms in total. The fourth-order valence-electron chi connectivity index (χ4n) is 4.03. The Morgan fingerprint density at radius 2 is 2.08 bits per heavy atom. The van der Waals surface area contributed by atoms with Crippen LogP contribution in [0.15, 0.2) is 24.4 Å². The molecule has 1 spiro atoms. The van der Waals surface area contributed by atoms with Crippen LogP contribution in [-0.2, 0) is 11.3 Å². The number of hydrogen-bond acceptors (Lipinski definition) is 4. The van der Waals surface area contributed by atoms with Crippen molar-refractivity contribution >= 4 is 11.9 Å². The second kappa shape index (κ2) is 7.61. The number of pyridine rings is 1. The minimum Gasteiger partial charge on any atom is -0.345 e. The number of urea groups is 1. The molecule has 3 amide bonds. The van der Waals surface area contributed by atoms with Crippen LogP contribution in [-0.4, -0.2) is 77.4 Å². The second-order valence-corrected chi connectivity index (χ2v) is 7.98. The molecule has 2 aliphatic heterocycles. The van der Waals surface area contributed by atoms with Crippen LogP contribution in [0.25, 0.3) is 0 Å². The molecular weight excluding hydrogens is 330 g/mol. The van der Waals surface area contributed by atoms with Crippen molar-refractivity contribution in [3.8, 4) is 0 Å². The van der Waals surface area contributed by atoms with Crippen molar-refractivity contribution in [2.24, 2.45) is 5.41 Å². The van der Waals surface area contributed by atoms with E-state index < -0.39 is 0 Å². The Morgan fingerprint density at radius 3 is 2.69 bits per heavy atom. The molecule has 2 fully saturated rings. The fourth-order valence-corrected chi connectivity index (χ4v) is 4.03. The standard InChI is InChI=1S/C19H29N5O2/c1-15(2)21-18(26)24-9-8-23(11-16-6-4-5-7-20-16)13-19(14-24)10-17(25)22(3)12-19/h4-7,15H,8-14H2,1-3H3,(H,21,26)/t19-/m0/s1. The van der Waals surface area contributed by atoms with Crippen LogP contribution in [0.3, 0.4) is 0 Å². The van der Waals surface area contributed by atoms with Crippen LogP contribution in [0.5, 0.6) is 0 Å². The molecule has 1 aromatic rings. The summed E-state index contributed by atoms with van der Waals surface area (Å²) in [6.45, 7) is 8.20. The lowest BCUT2D eigenvalue weighted by Crippen LogP contribution is -2.48. The smallest absolute Gasteiger partial charge is 0.317 e. The number of carbonyl (C=O) groups is 2. The van der Waals surface area contributed by atoms with E-state index in [0.717, 1.165) is 25.3 Å². The van der Waals surface area contributed by atoms with Gasteiger partial charge in [0.15, 0.2) is 0 Å². The molecule has 0 aliphatic carbocycles. The van der Waals surface area contributed by atoms with Gasteiger partial charge in [0.25, 0.3) is 0 Å². The summed E-state index contributed by atoms with van der Waals surface area (Å²) in [6.07, 6.45) is 2.30. The fraction of sp³-hybridized carbons (Fsp3) is 0.632. The van der Waals surface area contributed by atoms with Gasteiger partial charge in [-0.1, -0.05) is 6.07 Å². The van der Waals surface area contributed by atoms with Gasteiger partial charge in [-0.2, -0.15) is 0 Å². The van der Waals surface area contributed by atoms with Gasteiger partial charge in [-0.05, 0) is 26.0 Å². The first-order valence-corrected chi connectivity index (χ1v) is 9.29. The number of rotatable bonds is 3. The van der Waals surface area contributed by atoms with Gasteiger partial charge in [-0.3, -0.25) is 14.7 Å². The summed E-state index contributed by atoms with van der Waals surface area (Å²) in [6, 6.07) is 5.98. The summed E-state index contributed by atoms with van der Waals surface area (Å²) >= 11 is 0. The molecule has 1 aromatic heterocycles. The van der Waals surface area contributed by atoms with Crippen LogP contribution in [0.2, 0.25) is 0 Å². The second-order valence-electron chi connectivity index (χ2n) is 7.98. The summed E-state index contributed by atoms with van der Waals surface area (Å²) in [4.78, 5) is 35.3. The van der Waals surface area contributed by atoms with Gasteiger partial charge in [0.05, 0.1) is 5.69 Å². The molecule has 2 aliphatic rings. The maximum absolute atomic E-state index is 12.6. The summed E-state index contributed by atoms with van der Waals surface area (Å²) < 4.78 is 0. The van der Waals surface area contributed by atoms with E-state index in [1.54, 1.807) is 11.1 Å². The Hall–Kier alpha value is -2.15. The van der Waals surface area contributed by atoms with Crippen LogP contribution >= 0.6 is 0 Å². The molecule has 0 radical (unpaired) electrons. The molecule has 7 heteroatoms. The van der Waals surface area contributed by atoms with E-state index in [9.17, 15) is 9.59 Å². The van der Waals surface area contributed by atoms with E-state index in [0.29, 0.717) is 26.1 Å². The van der Waals surface area contributed by atoms with Crippen molar-refractivity contribution < 1.29 is 9.59 Å². The SMILES string of the molecule is CC(C)NC(=O)N1CCN(Cc2ccccn2)C[C@@]2(CC(=O)N(C)C2)C1. The van der Waals surface area contributed by atoms with Crippen molar-refractivity contribution in [2.45, 2.75) is 32.9 Å². The van der Waals surface area contributed by atoms with Crippen LogP contribution < -0.4 is 5.32 Å². The molecule has 26 heavy (non-hydrogen) atoms. The first kappa shape index (κ1) is 18.6. The normalized spacial score (nSPS) is 24.4. The van der Waals surface area contributed by atoms with Crippen molar-refractivity contribution in [1.82, 2.24) is 25.0 Å². The molecule has 1 N–H and O–H groups in total. The van der Waals surface area contributed by atoms with Crippen molar-refractivity contribution in [3.63, 3.8) is 0 Å². The highest BCUT2D eigenvalue weighted by Gasteiger charge is 2.46. The quantitative estimate of drug-likeness (QED) is 0.880. The summed E-state index contributed by atoms with van der Waals surface area (Å²) in [7, 11) is 1.85. The molecular formula is C19H29N5O2. The third kappa shape index (κ3) is 4.33. The van der Waals surface area contributed by atoms with Gasteiger partial charge in [0.1, 0.15) is 0 Å². The van der Waals surface area contributed by atoms with Crippen molar-refractivity contribution in [2.75, 3.05) is 39.8 Å². The van der Waals surface area contributed by atoms with E-state index in [1.807, 2.05) is 44.0 Å². The number of nitrogens with one attached hydrogen (secondary N) is 1. The van der Waals surface area contributed by atoms with Crippen molar-refractivity contribution in [3.05, 3.63) is 30.1 Å². The first-order valence-electron chi connectivity index (χ1n) is 9.29. The summed E-state index contributed by atoms with van der Waals surface area (Å²) in [5.41, 5.74) is 0.797. The summed E-state index contributed by atoms with van der Waals surface area (Å²) in [5, 5.41) is 2.99. The van der Waals surface area contributed by atoms with E-state index in [4.69, 9.17) is 0 Å². The van der Waals surface area contributed by atoms with Gasteiger partial charge in [-0.15, -0.1) is 0 Å².